The first-order valence-corrected chi connectivity index (χ1v) is 8.63. The van der Waals surface area contributed by atoms with Crippen molar-refractivity contribution < 1.29 is 25.8 Å². The average Bonchev–Trinajstić information content (AvgIpc) is 2.38. The van der Waals surface area contributed by atoms with E-state index >= 15 is 0 Å². The Morgan fingerprint density at radius 2 is 1.43 bits per heavy atom. The molecule has 0 saturated heterocycles. The molecule has 0 aromatic heterocycles. The zero-order chi connectivity index (χ0) is 15.8. The Hall–Kier alpha value is -1.77. The van der Waals surface area contributed by atoms with Crippen LogP contribution in [-0.2, 0) is 20.0 Å². The fourth-order valence-electron chi connectivity index (χ4n) is 1.70. The Bertz CT molecular complexity index is 885. The molecular weight excluding hydrogens is 319 g/mol. The molecule has 1 N–H and O–H groups in total. The van der Waals surface area contributed by atoms with E-state index in [-0.39, 0.29) is 4.90 Å². The van der Waals surface area contributed by atoms with Crippen LogP contribution in [0.1, 0.15) is 5.56 Å². The van der Waals surface area contributed by atoms with Crippen molar-refractivity contribution in [1.29, 1.82) is 0 Å². The van der Waals surface area contributed by atoms with Crippen LogP contribution in [0.2, 0.25) is 0 Å². The topological polar surface area (TPSA) is 88.5 Å². The van der Waals surface area contributed by atoms with Gasteiger partial charge in [0, 0.05) is 0 Å². The molecule has 8 heteroatoms. The maximum atomic E-state index is 13.4. The lowest BCUT2D eigenvalue weighted by Gasteiger charge is -2.07. The number of hydrogen-bond acceptors (Lipinski definition) is 4. The summed E-state index contributed by atoms with van der Waals surface area (Å²) in [7, 11) is -8.84. The standard InChI is InChI=1S/C13H11FO5S2/c1-9-2-4-10(5-3-9)20(15,16)11-6-7-12(14)13(8-11)21(17,18)19/h2-8H,1H3,(H,17,18,19). The minimum absolute atomic E-state index is 0.0546. The van der Waals surface area contributed by atoms with E-state index in [9.17, 15) is 21.2 Å². The van der Waals surface area contributed by atoms with E-state index in [2.05, 4.69) is 0 Å². The summed E-state index contributed by atoms with van der Waals surface area (Å²) >= 11 is 0. The summed E-state index contributed by atoms with van der Waals surface area (Å²) < 4.78 is 69.0. The summed E-state index contributed by atoms with van der Waals surface area (Å²) in [5, 5.41) is 0. The highest BCUT2D eigenvalue weighted by Gasteiger charge is 2.23. The number of sulfone groups is 1. The van der Waals surface area contributed by atoms with Gasteiger partial charge in [-0.2, -0.15) is 8.42 Å². The molecule has 2 aromatic carbocycles. The van der Waals surface area contributed by atoms with Crippen molar-refractivity contribution in [2.45, 2.75) is 21.6 Å². The minimum Gasteiger partial charge on any atom is -0.282 e. The molecule has 0 bridgehead atoms. The number of halogens is 1. The largest absolute Gasteiger partial charge is 0.297 e. The van der Waals surface area contributed by atoms with E-state index in [4.69, 9.17) is 4.55 Å². The lowest BCUT2D eigenvalue weighted by molar-refractivity contribution is 0.473. The fourth-order valence-corrected chi connectivity index (χ4v) is 3.65. The van der Waals surface area contributed by atoms with E-state index in [0.29, 0.717) is 12.1 Å². The number of rotatable bonds is 3. The molecule has 21 heavy (non-hydrogen) atoms. The summed E-state index contributed by atoms with van der Waals surface area (Å²) in [5.74, 6) is -1.22. The Kier molecular flexibility index (Phi) is 3.87. The van der Waals surface area contributed by atoms with Crippen LogP contribution in [0.3, 0.4) is 0 Å². The zero-order valence-electron chi connectivity index (χ0n) is 10.8. The first-order chi connectivity index (χ1) is 9.62. The van der Waals surface area contributed by atoms with Gasteiger partial charge in [0.05, 0.1) is 9.79 Å². The normalized spacial score (nSPS) is 12.3. The second-order valence-corrected chi connectivity index (χ2v) is 7.72. The molecule has 112 valence electrons. The molecule has 0 unspecified atom stereocenters. The van der Waals surface area contributed by atoms with Gasteiger partial charge in [0.15, 0.2) is 0 Å². The molecule has 0 saturated carbocycles. The third kappa shape index (κ3) is 3.12. The summed E-state index contributed by atoms with van der Waals surface area (Å²) in [4.78, 5) is -1.54. The molecule has 0 aliphatic heterocycles. The molecule has 0 fully saturated rings. The van der Waals surface area contributed by atoms with Crippen LogP contribution in [0.4, 0.5) is 4.39 Å². The summed E-state index contributed by atoms with van der Waals surface area (Å²) in [6, 6.07) is 8.12. The van der Waals surface area contributed by atoms with Gasteiger partial charge < -0.3 is 0 Å². The lowest BCUT2D eigenvalue weighted by Crippen LogP contribution is -2.07. The van der Waals surface area contributed by atoms with Crippen LogP contribution in [0.5, 0.6) is 0 Å². The van der Waals surface area contributed by atoms with Crippen molar-refractivity contribution in [1.82, 2.24) is 0 Å². The van der Waals surface area contributed by atoms with Gasteiger partial charge in [0.2, 0.25) is 9.84 Å². The van der Waals surface area contributed by atoms with Gasteiger partial charge >= 0.3 is 0 Å². The lowest BCUT2D eigenvalue weighted by atomic mass is 10.2. The molecule has 0 radical (unpaired) electrons. The number of aryl methyl sites for hydroxylation is 1. The van der Waals surface area contributed by atoms with E-state index in [1.807, 2.05) is 0 Å². The number of hydrogen-bond donors (Lipinski definition) is 1. The molecule has 0 aliphatic carbocycles. The first kappa shape index (κ1) is 15.6. The molecule has 5 nitrogen and oxygen atoms in total. The molecule has 0 spiro atoms. The van der Waals surface area contributed by atoms with Gasteiger partial charge in [-0.1, -0.05) is 17.7 Å². The van der Waals surface area contributed by atoms with Crippen LogP contribution < -0.4 is 0 Å². The van der Waals surface area contributed by atoms with Gasteiger partial charge in [-0.3, -0.25) is 4.55 Å². The average molecular weight is 330 g/mol. The van der Waals surface area contributed by atoms with Gasteiger partial charge in [0.25, 0.3) is 10.1 Å². The van der Waals surface area contributed by atoms with Gasteiger partial charge in [0.1, 0.15) is 10.7 Å². The first-order valence-electron chi connectivity index (χ1n) is 5.71. The Balaban J connectivity index is 2.64. The molecule has 2 rings (SSSR count). The second kappa shape index (κ2) is 5.21. The van der Waals surface area contributed by atoms with Crippen molar-refractivity contribution in [3.05, 3.63) is 53.8 Å². The quantitative estimate of drug-likeness (QED) is 0.688. The van der Waals surface area contributed by atoms with E-state index < -0.39 is 35.6 Å². The molecular formula is C13H11FO5S2. The Morgan fingerprint density at radius 3 is 1.95 bits per heavy atom. The predicted molar refractivity (Wildman–Crippen MR) is 72.8 cm³/mol. The Morgan fingerprint density at radius 1 is 0.905 bits per heavy atom. The van der Waals surface area contributed by atoms with Crippen molar-refractivity contribution in [2.24, 2.45) is 0 Å². The third-order valence-electron chi connectivity index (χ3n) is 2.82. The SMILES string of the molecule is Cc1ccc(S(=O)(=O)c2ccc(F)c(S(=O)(=O)O)c2)cc1. The summed E-state index contributed by atoms with van der Waals surface area (Å²) in [6.07, 6.45) is 0. The summed E-state index contributed by atoms with van der Waals surface area (Å²) in [5.41, 5.74) is 0.853. The zero-order valence-corrected chi connectivity index (χ0v) is 12.4. The highest BCUT2D eigenvalue weighted by Crippen LogP contribution is 2.25. The molecule has 0 amide bonds. The predicted octanol–water partition coefficient (Wildman–Crippen LogP) is 2.21. The van der Waals surface area contributed by atoms with Crippen LogP contribution in [0.25, 0.3) is 0 Å². The Labute approximate surface area is 121 Å². The number of benzene rings is 2. The minimum atomic E-state index is -4.84. The van der Waals surface area contributed by atoms with E-state index in [1.165, 1.54) is 12.1 Å². The third-order valence-corrected chi connectivity index (χ3v) is 5.46. The van der Waals surface area contributed by atoms with Crippen LogP contribution in [0, 0.1) is 12.7 Å². The highest BCUT2D eigenvalue weighted by molar-refractivity contribution is 7.91. The monoisotopic (exact) mass is 330 g/mol. The van der Waals surface area contributed by atoms with Gasteiger partial charge in [-0.15, -0.1) is 0 Å². The highest BCUT2D eigenvalue weighted by atomic mass is 32.2. The maximum Gasteiger partial charge on any atom is 0.297 e. The van der Waals surface area contributed by atoms with Crippen molar-refractivity contribution in [3.8, 4) is 0 Å². The fraction of sp³-hybridized carbons (Fsp3) is 0.0769. The molecule has 0 aliphatic rings. The van der Waals surface area contributed by atoms with Crippen molar-refractivity contribution in [3.63, 3.8) is 0 Å². The van der Waals surface area contributed by atoms with Gasteiger partial charge in [-0.25, -0.2) is 12.8 Å². The van der Waals surface area contributed by atoms with E-state index in [0.717, 1.165) is 11.6 Å². The maximum absolute atomic E-state index is 13.4. The second-order valence-electron chi connectivity index (χ2n) is 4.38. The van der Waals surface area contributed by atoms with E-state index in [1.54, 1.807) is 19.1 Å². The van der Waals surface area contributed by atoms with Crippen molar-refractivity contribution in [2.75, 3.05) is 0 Å². The molecule has 0 heterocycles. The van der Waals surface area contributed by atoms with Gasteiger partial charge in [-0.05, 0) is 37.3 Å². The van der Waals surface area contributed by atoms with Crippen LogP contribution >= 0.6 is 0 Å². The summed E-state index contributed by atoms with van der Waals surface area (Å²) in [6.45, 7) is 1.78. The van der Waals surface area contributed by atoms with Crippen LogP contribution in [-0.4, -0.2) is 21.4 Å². The smallest absolute Gasteiger partial charge is 0.282 e. The van der Waals surface area contributed by atoms with Crippen molar-refractivity contribution >= 4 is 20.0 Å². The van der Waals surface area contributed by atoms with Crippen LogP contribution in [0.15, 0.2) is 57.2 Å². The molecule has 0 atom stereocenters. The molecule has 2 aromatic rings.